The summed E-state index contributed by atoms with van der Waals surface area (Å²) in [7, 11) is 1.55. The minimum atomic E-state index is -0.804. The van der Waals surface area contributed by atoms with Crippen molar-refractivity contribution in [1.29, 1.82) is 0 Å². The summed E-state index contributed by atoms with van der Waals surface area (Å²) in [6, 6.07) is 6.48. The molecule has 3 aromatic rings. The molecule has 11 heteroatoms. The predicted octanol–water partition coefficient (Wildman–Crippen LogP) is 3.60. The van der Waals surface area contributed by atoms with Crippen LogP contribution in [0.15, 0.2) is 35.3 Å². The molecule has 0 fully saturated rings. The first-order valence-electron chi connectivity index (χ1n) is 8.46. The number of nitrogens with zero attached hydrogens (tertiary/aromatic N) is 4. The van der Waals surface area contributed by atoms with E-state index in [0.29, 0.717) is 17.1 Å². The van der Waals surface area contributed by atoms with Gasteiger partial charge in [0, 0.05) is 18.7 Å². The van der Waals surface area contributed by atoms with Crippen molar-refractivity contribution in [2.45, 2.75) is 20.4 Å². The smallest absolute Gasteiger partial charge is 0.280 e. The molecule has 0 atom stereocenters. The molecule has 150 valence electrons. The Morgan fingerprint density at radius 2 is 1.79 bits per heavy atom. The summed E-state index contributed by atoms with van der Waals surface area (Å²) >= 11 is 1.28. The largest absolute Gasteiger partial charge is 0.495 e. The molecule has 0 aliphatic carbocycles. The van der Waals surface area contributed by atoms with Gasteiger partial charge in [0.25, 0.3) is 17.3 Å². The number of nitro benzene ring substituents is 2. The predicted molar refractivity (Wildman–Crippen MR) is 106 cm³/mol. The topological polar surface area (TPSA) is 130 Å². The van der Waals surface area contributed by atoms with Crippen LogP contribution in [0.4, 0.5) is 11.4 Å². The van der Waals surface area contributed by atoms with Gasteiger partial charge in [-0.2, -0.15) is 4.99 Å². The van der Waals surface area contributed by atoms with Gasteiger partial charge >= 0.3 is 0 Å². The number of hydrogen-bond donors (Lipinski definition) is 0. The number of benzene rings is 2. The highest BCUT2D eigenvalue weighted by Gasteiger charge is 2.20. The Labute approximate surface area is 168 Å². The van der Waals surface area contributed by atoms with Crippen LogP contribution in [-0.4, -0.2) is 27.4 Å². The number of methoxy groups -OCH3 is 1. The molecule has 1 heterocycles. The van der Waals surface area contributed by atoms with E-state index in [1.807, 2.05) is 26.0 Å². The van der Waals surface area contributed by atoms with Crippen LogP contribution >= 0.6 is 11.3 Å². The molecule has 3 rings (SSSR count). The molecule has 0 bridgehead atoms. The number of carbonyl (C=O) groups is 1. The number of thiazole rings is 1. The lowest BCUT2D eigenvalue weighted by atomic mass is 10.1. The van der Waals surface area contributed by atoms with Gasteiger partial charge < -0.3 is 9.30 Å². The van der Waals surface area contributed by atoms with E-state index in [4.69, 9.17) is 4.74 Å². The SMILES string of the molecule is CCn1c(=NC(=O)c2cc([N+](=O)[O-])cc([N+](=O)[O-])c2)sc2c(C)ccc(OC)c21. The lowest BCUT2D eigenvalue weighted by molar-refractivity contribution is -0.394. The van der Waals surface area contributed by atoms with Gasteiger partial charge in [-0.25, -0.2) is 0 Å². The number of rotatable bonds is 5. The van der Waals surface area contributed by atoms with Gasteiger partial charge in [-0.1, -0.05) is 17.4 Å². The lowest BCUT2D eigenvalue weighted by Crippen LogP contribution is -2.16. The molecular weight excluding hydrogens is 400 g/mol. The fraction of sp³-hybridized carbons (Fsp3) is 0.222. The third kappa shape index (κ3) is 3.72. The Balaban J connectivity index is 2.22. The van der Waals surface area contributed by atoms with E-state index in [9.17, 15) is 25.0 Å². The summed E-state index contributed by atoms with van der Waals surface area (Å²) in [6.07, 6.45) is 0. The number of non-ortho nitro benzene ring substituents is 2. The van der Waals surface area contributed by atoms with E-state index in [1.165, 1.54) is 11.3 Å². The van der Waals surface area contributed by atoms with Crippen LogP contribution < -0.4 is 9.54 Å². The first-order chi connectivity index (χ1) is 13.8. The number of ether oxygens (including phenoxy) is 1. The number of carbonyl (C=O) groups excluding carboxylic acids is 1. The molecule has 0 N–H and O–H groups in total. The van der Waals surface area contributed by atoms with Gasteiger partial charge in [-0.3, -0.25) is 25.0 Å². The monoisotopic (exact) mass is 416 g/mol. The van der Waals surface area contributed by atoms with Crippen LogP contribution in [0.2, 0.25) is 0 Å². The van der Waals surface area contributed by atoms with Gasteiger partial charge in [-0.05, 0) is 25.5 Å². The van der Waals surface area contributed by atoms with Crippen molar-refractivity contribution in [2.24, 2.45) is 4.99 Å². The molecular formula is C18H16N4O6S. The first kappa shape index (κ1) is 20.1. The number of aromatic nitrogens is 1. The number of fused-ring (bicyclic) bond motifs is 1. The number of aryl methyl sites for hydroxylation is 2. The van der Waals surface area contributed by atoms with Crippen LogP contribution in [0.1, 0.15) is 22.8 Å². The lowest BCUT2D eigenvalue weighted by Gasteiger charge is -2.07. The van der Waals surface area contributed by atoms with E-state index in [0.717, 1.165) is 34.0 Å². The van der Waals surface area contributed by atoms with Crippen LogP contribution in [0.25, 0.3) is 10.2 Å². The molecule has 0 aliphatic heterocycles. The second-order valence-electron chi connectivity index (χ2n) is 6.06. The van der Waals surface area contributed by atoms with Crippen molar-refractivity contribution < 1.29 is 19.4 Å². The molecule has 1 aromatic heterocycles. The molecule has 1 amide bonds. The second kappa shape index (κ2) is 7.80. The summed E-state index contributed by atoms with van der Waals surface area (Å²) in [5.41, 5.74) is 0.448. The maximum absolute atomic E-state index is 12.7. The van der Waals surface area contributed by atoms with Crippen molar-refractivity contribution in [3.8, 4) is 5.75 Å². The summed E-state index contributed by atoms with van der Waals surface area (Å²) in [5, 5.41) is 22.1. The molecule has 29 heavy (non-hydrogen) atoms. The standard InChI is InChI=1S/C18H16N4O6S/c1-4-20-15-14(28-3)6-5-10(2)16(15)29-18(20)19-17(23)11-7-12(21(24)25)9-13(8-11)22(26)27/h5-9H,4H2,1-3H3. The number of nitro groups is 2. The van der Waals surface area contributed by atoms with E-state index in [1.54, 1.807) is 11.7 Å². The molecule has 0 spiro atoms. The van der Waals surface area contributed by atoms with Gasteiger partial charge in [0.15, 0.2) is 4.80 Å². The minimum absolute atomic E-state index is 0.227. The van der Waals surface area contributed by atoms with E-state index in [-0.39, 0.29) is 5.56 Å². The molecule has 10 nitrogen and oxygen atoms in total. The Kier molecular flexibility index (Phi) is 5.41. The Bertz CT molecular complexity index is 1190. The quantitative estimate of drug-likeness (QED) is 0.461. The fourth-order valence-corrected chi connectivity index (χ4v) is 4.08. The Hall–Kier alpha value is -3.60. The van der Waals surface area contributed by atoms with E-state index in [2.05, 4.69) is 4.99 Å². The van der Waals surface area contributed by atoms with Crippen molar-refractivity contribution in [3.05, 3.63) is 66.5 Å². The van der Waals surface area contributed by atoms with Crippen LogP contribution in [0.5, 0.6) is 5.75 Å². The van der Waals surface area contributed by atoms with Gasteiger partial charge in [0.1, 0.15) is 11.3 Å². The normalized spacial score (nSPS) is 11.6. The minimum Gasteiger partial charge on any atom is -0.495 e. The molecule has 2 aromatic carbocycles. The van der Waals surface area contributed by atoms with E-state index >= 15 is 0 Å². The van der Waals surface area contributed by atoms with Crippen LogP contribution in [0.3, 0.4) is 0 Å². The van der Waals surface area contributed by atoms with Crippen LogP contribution in [-0.2, 0) is 6.54 Å². The second-order valence-corrected chi connectivity index (χ2v) is 7.04. The fourth-order valence-electron chi connectivity index (χ4n) is 2.90. The average Bonchev–Trinajstić information content (AvgIpc) is 3.06. The van der Waals surface area contributed by atoms with Crippen molar-refractivity contribution in [1.82, 2.24) is 4.57 Å². The average molecular weight is 416 g/mol. The maximum atomic E-state index is 12.7. The molecule has 0 radical (unpaired) electrons. The summed E-state index contributed by atoms with van der Waals surface area (Å²) in [6.45, 7) is 4.31. The zero-order valence-corrected chi connectivity index (χ0v) is 16.6. The molecule has 0 saturated heterocycles. The highest BCUT2D eigenvalue weighted by Crippen LogP contribution is 2.30. The van der Waals surface area contributed by atoms with Crippen molar-refractivity contribution in [3.63, 3.8) is 0 Å². The zero-order valence-electron chi connectivity index (χ0n) is 15.7. The summed E-state index contributed by atoms with van der Waals surface area (Å²) in [4.78, 5) is 37.7. The third-order valence-corrected chi connectivity index (χ3v) is 5.50. The van der Waals surface area contributed by atoms with Crippen molar-refractivity contribution in [2.75, 3.05) is 7.11 Å². The Morgan fingerprint density at radius 3 is 2.31 bits per heavy atom. The molecule has 0 saturated carbocycles. The van der Waals surface area contributed by atoms with E-state index < -0.39 is 27.1 Å². The zero-order chi connectivity index (χ0) is 21.3. The molecule has 0 aliphatic rings. The molecule has 0 unspecified atom stereocenters. The maximum Gasteiger partial charge on any atom is 0.280 e. The van der Waals surface area contributed by atoms with Gasteiger partial charge in [0.2, 0.25) is 0 Å². The van der Waals surface area contributed by atoms with Gasteiger partial charge in [0.05, 0.1) is 33.3 Å². The third-order valence-electron chi connectivity index (χ3n) is 4.29. The Morgan fingerprint density at radius 1 is 1.17 bits per heavy atom. The first-order valence-corrected chi connectivity index (χ1v) is 9.28. The van der Waals surface area contributed by atoms with Gasteiger partial charge in [-0.15, -0.1) is 0 Å². The highest BCUT2D eigenvalue weighted by atomic mass is 32.1. The van der Waals surface area contributed by atoms with Crippen molar-refractivity contribution >= 4 is 38.8 Å². The summed E-state index contributed by atoms with van der Waals surface area (Å²) < 4.78 is 8.11. The number of amides is 1. The highest BCUT2D eigenvalue weighted by molar-refractivity contribution is 7.16. The summed E-state index contributed by atoms with van der Waals surface area (Å²) in [5.74, 6) is -0.175. The van der Waals surface area contributed by atoms with Crippen LogP contribution in [0, 0.1) is 27.2 Å². The number of hydrogen-bond acceptors (Lipinski definition) is 7.